The first kappa shape index (κ1) is 9.19. The van der Waals surface area contributed by atoms with E-state index in [9.17, 15) is 0 Å². The molecule has 0 N–H and O–H groups in total. The third-order valence-electron chi connectivity index (χ3n) is 0.408. The summed E-state index contributed by atoms with van der Waals surface area (Å²) in [6, 6.07) is 0. The molecule has 5 heavy (non-hydrogen) atoms. The van der Waals surface area contributed by atoms with Gasteiger partial charge in [-0.05, 0) is 0 Å². The van der Waals surface area contributed by atoms with Crippen LogP contribution in [0.4, 0.5) is 0 Å². The first-order valence-electron chi connectivity index (χ1n) is 1.69. The monoisotopic (exact) mass is 155 g/mol. The standard InChI is InChI=1S/C4H9.Mo/c1-3-4-2;/h3H,4H2,1-2H3;/q-1;. The maximum absolute atomic E-state index is 2.12. The number of hydrogen-bond acceptors (Lipinski definition) is 0. The van der Waals surface area contributed by atoms with Crippen molar-refractivity contribution >= 4 is 0 Å². The Morgan fingerprint density at radius 3 is 1.80 bits per heavy atom. The van der Waals surface area contributed by atoms with Gasteiger partial charge in [-0.2, -0.15) is 13.3 Å². The third-order valence-corrected chi connectivity index (χ3v) is 0.408. The van der Waals surface area contributed by atoms with Crippen LogP contribution in [-0.2, 0) is 21.1 Å². The molecule has 0 unspecified atom stereocenters. The van der Waals surface area contributed by atoms with Crippen LogP contribution in [0.2, 0.25) is 0 Å². The van der Waals surface area contributed by atoms with E-state index in [1.807, 2.05) is 0 Å². The minimum atomic E-state index is 0. The predicted octanol–water partition coefficient (Wildman–Crippen LogP) is 1.62. The van der Waals surface area contributed by atoms with Crippen LogP contribution in [0.25, 0.3) is 0 Å². The Morgan fingerprint density at radius 1 is 1.60 bits per heavy atom. The summed E-state index contributed by atoms with van der Waals surface area (Å²) in [5.74, 6) is 0. The van der Waals surface area contributed by atoms with Crippen molar-refractivity contribution in [2.24, 2.45) is 0 Å². The second kappa shape index (κ2) is 8.82. The fourth-order valence-corrected chi connectivity index (χ4v) is 0. The number of unbranched alkanes of at least 4 members (excludes halogenated alkanes) is 1. The van der Waals surface area contributed by atoms with Gasteiger partial charge in [0.1, 0.15) is 0 Å². The Balaban J connectivity index is 0. The molecule has 0 nitrogen and oxygen atoms in total. The van der Waals surface area contributed by atoms with E-state index in [0.717, 1.165) is 0 Å². The van der Waals surface area contributed by atoms with Gasteiger partial charge in [-0.25, -0.2) is 0 Å². The molecule has 0 fully saturated rings. The van der Waals surface area contributed by atoms with Crippen molar-refractivity contribution in [3.63, 3.8) is 0 Å². The number of hydrogen-bond donors (Lipinski definition) is 0. The second-order valence-electron chi connectivity index (χ2n) is 0.816. The molecular formula is C4H9Mo-. The molecular weight excluding hydrogens is 144 g/mol. The minimum absolute atomic E-state index is 0. The molecule has 0 aromatic carbocycles. The fourth-order valence-electron chi connectivity index (χ4n) is 0. The van der Waals surface area contributed by atoms with Crippen LogP contribution in [0.15, 0.2) is 0 Å². The van der Waals surface area contributed by atoms with Crippen molar-refractivity contribution < 1.29 is 21.1 Å². The first-order valence-corrected chi connectivity index (χ1v) is 1.69. The van der Waals surface area contributed by atoms with Gasteiger partial charge in [0.05, 0.1) is 0 Å². The fraction of sp³-hybridized carbons (Fsp3) is 0.750. The van der Waals surface area contributed by atoms with Crippen molar-refractivity contribution in [1.29, 1.82) is 0 Å². The molecule has 0 radical (unpaired) electrons. The van der Waals surface area contributed by atoms with E-state index >= 15 is 0 Å². The molecule has 0 rings (SSSR count). The van der Waals surface area contributed by atoms with Crippen LogP contribution in [-0.4, -0.2) is 0 Å². The van der Waals surface area contributed by atoms with Gasteiger partial charge in [0.15, 0.2) is 0 Å². The Bertz CT molecular complexity index is 5.61. The zero-order valence-electron chi connectivity index (χ0n) is 3.69. The molecule has 32 valence electrons. The molecule has 0 spiro atoms. The topological polar surface area (TPSA) is 0 Å². The zero-order valence-corrected chi connectivity index (χ0v) is 5.70. The van der Waals surface area contributed by atoms with E-state index in [4.69, 9.17) is 0 Å². The van der Waals surface area contributed by atoms with E-state index in [0.29, 0.717) is 0 Å². The molecule has 0 saturated heterocycles. The van der Waals surface area contributed by atoms with E-state index in [1.165, 1.54) is 6.42 Å². The predicted molar refractivity (Wildman–Crippen MR) is 20.3 cm³/mol. The smallest absolute Gasteiger partial charge is 0 e. The zero-order chi connectivity index (χ0) is 3.41. The Hall–Kier alpha value is 0.688. The van der Waals surface area contributed by atoms with Gasteiger partial charge in [0, 0.05) is 21.1 Å². The first-order chi connectivity index (χ1) is 1.91. The van der Waals surface area contributed by atoms with Crippen molar-refractivity contribution in [2.75, 3.05) is 0 Å². The van der Waals surface area contributed by atoms with Crippen LogP contribution >= 0.6 is 0 Å². The summed E-state index contributed by atoms with van der Waals surface area (Å²) in [5.41, 5.74) is 0. The van der Waals surface area contributed by atoms with Gasteiger partial charge >= 0.3 is 0 Å². The van der Waals surface area contributed by atoms with Crippen LogP contribution in [0.1, 0.15) is 20.3 Å². The molecule has 0 aliphatic heterocycles. The minimum Gasteiger partial charge on any atom is -0.332 e. The molecule has 0 bridgehead atoms. The van der Waals surface area contributed by atoms with Crippen molar-refractivity contribution in [3.05, 3.63) is 6.42 Å². The summed E-state index contributed by atoms with van der Waals surface area (Å²) in [6.45, 7) is 4.18. The molecule has 0 aromatic rings. The quantitative estimate of drug-likeness (QED) is 0.396. The van der Waals surface area contributed by atoms with Crippen molar-refractivity contribution in [1.82, 2.24) is 0 Å². The van der Waals surface area contributed by atoms with E-state index in [1.54, 1.807) is 0 Å². The Labute approximate surface area is 48.2 Å². The van der Waals surface area contributed by atoms with Crippen LogP contribution in [0, 0.1) is 6.42 Å². The maximum Gasteiger partial charge on any atom is 0 e. The third kappa shape index (κ3) is 11.9. The normalized spacial score (nSPS) is 6.00. The van der Waals surface area contributed by atoms with Gasteiger partial charge in [0.2, 0.25) is 0 Å². The molecule has 0 aliphatic rings. The average molecular weight is 153 g/mol. The maximum atomic E-state index is 2.12. The number of rotatable bonds is 1. The van der Waals surface area contributed by atoms with Crippen LogP contribution in [0.3, 0.4) is 0 Å². The molecule has 0 atom stereocenters. The summed E-state index contributed by atoms with van der Waals surface area (Å²) in [6.07, 6.45) is 3.32. The Kier molecular flexibility index (Phi) is 16.2. The van der Waals surface area contributed by atoms with Crippen LogP contribution < -0.4 is 0 Å². The second-order valence-corrected chi connectivity index (χ2v) is 0.816. The summed E-state index contributed by atoms with van der Waals surface area (Å²) < 4.78 is 0. The van der Waals surface area contributed by atoms with Crippen molar-refractivity contribution in [2.45, 2.75) is 20.3 Å². The average Bonchev–Trinajstić information content (AvgIpc) is 1.37. The summed E-state index contributed by atoms with van der Waals surface area (Å²) in [5, 5.41) is 0. The van der Waals surface area contributed by atoms with Gasteiger partial charge in [-0.3, -0.25) is 0 Å². The van der Waals surface area contributed by atoms with E-state index < -0.39 is 0 Å². The SMILES string of the molecule is C[CH-]CC.[Mo]. The molecule has 0 amide bonds. The van der Waals surface area contributed by atoms with Crippen molar-refractivity contribution in [3.8, 4) is 0 Å². The van der Waals surface area contributed by atoms with Gasteiger partial charge in [-0.15, -0.1) is 0 Å². The van der Waals surface area contributed by atoms with E-state index in [2.05, 4.69) is 20.3 Å². The summed E-state index contributed by atoms with van der Waals surface area (Å²) >= 11 is 0. The Morgan fingerprint density at radius 2 is 1.80 bits per heavy atom. The molecule has 0 heterocycles. The van der Waals surface area contributed by atoms with Gasteiger partial charge in [0.25, 0.3) is 0 Å². The van der Waals surface area contributed by atoms with Gasteiger partial charge < -0.3 is 6.42 Å². The van der Waals surface area contributed by atoms with E-state index in [-0.39, 0.29) is 21.1 Å². The largest absolute Gasteiger partial charge is 0.332 e. The summed E-state index contributed by atoms with van der Waals surface area (Å²) in [7, 11) is 0. The van der Waals surface area contributed by atoms with Crippen LogP contribution in [0.5, 0.6) is 0 Å². The summed E-state index contributed by atoms with van der Waals surface area (Å²) in [4.78, 5) is 0. The molecule has 0 aliphatic carbocycles. The molecule has 0 saturated carbocycles. The van der Waals surface area contributed by atoms with Gasteiger partial charge in [-0.1, -0.05) is 6.92 Å². The molecule has 0 aromatic heterocycles. The molecule has 1 heteroatoms.